The summed E-state index contributed by atoms with van der Waals surface area (Å²) in [6, 6.07) is 75.8. The van der Waals surface area contributed by atoms with Crippen LogP contribution in [0.5, 0.6) is 0 Å². The average molecular weight is 726 g/mol. The van der Waals surface area contributed by atoms with E-state index in [0.717, 1.165) is 33.8 Å². The van der Waals surface area contributed by atoms with Crippen LogP contribution in [0.15, 0.2) is 212 Å². The Morgan fingerprint density at radius 2 is 0.807 bits per heavy atom. The van der Waals surface area contributed by atoms with Crippen molar-refractivity contribution in [3.8, 4) is 61.8 Å². The van der Waals surface area contributed by atoms with Gasteiger partial charge < -0.3 is 4.57 Å². The Kier molecular flexibility index (Phi) is 7.82. The van der Waals surface area contributed by atoms with Crippen LogP contribution in [0.1, 0.15) is 0 Å². The van der Waals surface area contributed by atoms with E-state index in [2.05, 4.69) is 205 Å². The quantitative estimate of drug-likeness (QED) is 0.171. The molecule has 0 radical (unpaired) electrons. The molecule has 0 unspecified atom stereocenters. The van der Waals surface area contributed by atoms with Gasteiger partial charge in [-0.15, -0.1) is 0 Å². The van der Waals surface area contributed by atoms with Crippen molar-refractivity contribution in [1.82, 2.24) is 14.5 Å². The number of para-hydroxylation sites is 1. The number of hydrogen-bond acceptors (Lipinski definition) is 2. The Bertz CT molecular complexity index is 3200. The van der Waals surface area contributed by atoms with Gasteiger partial charge in [-0.05, 0) is 104 Å². The third-order valence-corrected chi connectivity index (χ3v) is 11.2. The van der Waals surface area contributed by atoms with Gasteiger partial charge in [0.2, 0.25) is 0 Å². The van der Waals surface area contributed by atoms with Gasteiger partial charge in [-0.2, -0.15) is 0 Å². The lowest BCUT2D eigenvalue weighted by molar-refractivity contribution is 1.16. The fourth-order valence-electron chi connectivity index (χ4n) is 8.33. The summed E-state index contributed by atoms with van der Waals surface area (Å²) < 4.78 is 2.39. The van der Waals surface area contributed by atoms with Crippen LogP contribution in [0.25, 0.3) is 105 Å². The van der Waals surface area contributed by atoms with Crippen LogP contribution in [-0.2, 0) is 0 Å². The van der Waals surface area contributed by atoms with Crippen LogP contribution in [0.2, 0.25) is 0 Å². The SMILES string of the molecule is c1ccc(-c2ccc3ccc(-c4ccc5ccc6c(c5c4)c4ccccc4n6-c4ccc(-c5nc(-c6ccccc6)cc(-c6ccccc6)n5)cc4)cc3c2)cc1. The zero-order valence-electron chi connectivity index (χ0n) is 31.0. The van der Waals surface area contributed by atoms with E-state index in [9.17, 15) is 0 Å². The molecule has 2 aromatic heterocycles. The third-order valence-electron chi connectivity index (χ3n) is 11.2. The second-order valence-electron chi connectivity index (χ2n) is 14.6. The summed E-state index contributed by atoms with van der Waals surface area (Å²) in [7, 11) is 0. The summed E-state index contributed by atoms with van der Waals surface area (Å²) in [5.41, 5.74) is 13.2. The van der Waals surface area contributed by atoms with Crippen molar-refractivity contribution in [3.63, 3.8) is 0 Å². The van der Waals surface area contributed by atoms with Crippen molar-refractivity contribution in [2.75, 3.05) is 0 Å². The molecule has 11 aromatic rings. The first-order chi connectivity index (χ1) is 28.2. The lowest BCUT2D eigenvalue weighted by Crippen LogP contribution is -1.97. The van der Waals surface area contributed by atoms with Gasteiger partial charge in [0, 0.05) is 33.2 Å². The molecule has 0 bridgehead atoms. The molecule has 3 heteroatoms. The fourth-order valence-corrected chi connectivity index (χ4v) is 8.33. The number of benzene rings is 9. The number of nitrogens with zero attached hydrogens (tertiary/aromatic N) is 3. The van der Waals surface area contributed by atoms with Crippen LogP contribution < -0.4 is 0 Å². The molecule has 57 heavy (non-hydrogen) atoms. The Balaban J connectivity index is 1.02. The molecule has 0 aliphatic rings. The predicted molar refractivity (Wildman–Crippen MR) is 239 cm³/mol. The molecule has 2 heterocycles. The molecule has 0 N–H and O–H groups in total. The van der Waals surface area contributed by atoms with Gasteiger partial charge in [0.15, 0.2) is 5.82 Å². The van der Waals surface area contributed by atoms with Crippen LogP contribution in [0.4, 0.5) is 0 Å². The molecule has 0 saturated heterocycles. The smallest absolute Gasteiger partial charge is 0.160 e. The molecule has 0 saturated carbocycles. The van der Waals surface area contributed by atoms with Crippen LogP contribution in [0, 0.1) is 0 Å². The molecule has 0 fully saturated rings. The summed E-state index contributed by atoms with van der Waals surface area (Å²) in [5.74, 6) is 0.701. The molecular weight excluding hydrogens is 691 g/mol. The number of rotatable bonds is 6. The maximum absolute atomic E-state index is 5.08. The van der Waals surface area contributed by atoms with Crippen molar-refractivity contribution in [2.45, 2.75) is 0 Å². The summed E-state index contributed by atoms with van der Waals surface area (Å²) in [5, 5.41) is 7.43. The van der Waals surface area contributed by atoms with E-state index < -0.39 is 0 Å². The largest absolute Gasteiger partial charge is 0.309 e. The lowest BCUT2D eigenvalue weighted by atomic mass is 9.95. The topological polar surface area (TPSA) is 30.7 Å². The minimum Gasteiger partial charge on any atom is -0.309 e. The lowest BCUT2D eigenvalue weighted by Gasteiger charge is -2.12. The highest BCUT2D eigenvalue weighted by atomic mass is 15.0. The number of hydrogen-bond donors (Lipinski definition) is 0. The third kappa shape index (κ3) is 5.85. The van der Waals surface area contributed by atoms with Crippen molar-refractivity contribution in [3.05, 3.63) is 212 Å². The Morgan fingerprint density at radius 1 is 0.298 bits per heavy atom. The zero-order chi connectivity index (χ0) is 37.7. The average Bonchev–Trinajstić information content (AvgIpc) is 3.64. The molecule has 9 aromatic carbocycles. The van der Waals surface area contributed by atoms with Gasteiger partial charge in [-0.25, -0.2) is 9.97 Å². The van der Waals surface area contributed by atoms with E-state index in [1.807, 2.05) is 12.1 Å². The van der Waals surface area contributed by atoms with Gasteiger partial charge in [-0.3, -0.25) is 0 Å². The summed E-state index contributed by atoms with van der Waals surface area (Å²) in [6.07, 6.45) is 0. The Hall–Kier alpha value is -7.62. The molecule has 0 spiro atoms. The minimum absolute atomic E-state index is 0.701. The van der Waals surface area contributed by atoms with E-state index in [1.165, 1.54) is 65.6 Å². The van der Waals surface area contributed by atoms with Crippen molar-refractivity contribution >= 4 is 43.4 Å². The molecule has 0 aliphatic carbocycles. The first-order valence-electron chi connectivity index (χ1n) is 19.4. The highest BCUT2D eigenvalue weighted by molar-refractivity contribution is 6.22. The Morgan fingerprint density at radius 3 is 1.46 bits per heavy atom. The van der Waals surface area contributed by atoms with Crippen LogP contribution in [-0.4, -0.2) is 14.5 Å². The first-order valence-corrected chi connectivity index (χ1v) is 19.4. The molecule has 0 aliphatic heterocycles. The molecule has 0 atom stereocenters. The summed E-state index contributed by atoms with van der Waals surface area (Å²) in [6.45, 7) is 0. The van der Waals surface area contributed by atoms with Crippen LogP contribution in [0.3, 0.4) is 0 Å². The number of fused-ring (bicyclic) bond motifs is 6. The fraction of sp³-hybridized carbons (Fsp3) is 0. The van der Waals surface area contributed by atoms with Gasteiger partial charge in [-0.1, -0.05) is 152 Å². The molecule has 266 valence electrons. The molecule has 3 nitrogen and oxygen atoms in total. The highest BCUT2D eigenvalue weighted by Gasteiger charge is 2.17. The summed E-state index contributed by atoms with van der Waals surface area (Å²) >= 11 is 0. The first kappa shape index (κ1) is 32.8. The van der Waals surface area contributed by atoms with Gasteiger partial charge in [0.1, 0.15) is 0 Å². The maximum Gasteiger partial charge on any atom is 0.160 e. The highest BCUT2D eigenvalue weighted by Crippen LogP contribution is 2.39. The number of aromatic nitrogens is 3. The van der Waals surface area contributed by atoms with Crippen molar-refractivity contribution < 1.29 is 0 Å². The normalized spacial score (nSPS) is 11.5. The molecule has 0 amide bonds. The second-order valence-corrected chi connectivity index (χ2v) is 14.6. The van der Waals surface area contributed by atoms with Gasteiger partial charge in [0.25, 0.3) is 0 Å². The standard InChI is InChI=1S/C54H35N3/c1-4-12-36(13-5-1)42-23-20-37-21-24-43(33-45(37)32-42)44-25-22-38-28-31-52-53(48(38)34-44)47-18-10-11-19-51(47)57(52)46-29-26-41(27-30-46)54-55-49(39-14-6-2-7-15-39)35-50(56-54)40-16-8-3-9-17-40/h1-35H. The van der Waals surface area contributed by atoms with E-state index in [4.69, 9.17) is 9.97 Å². The van der Waals surface area contributed by atoms with E-state index in [1.54, 1.807) is 0 Å². The summed E-state index contributed by atoms with van der Waals surface area (Å²) in [4.78, 5) is 10.2. The van der Waals surface area contributed by atoms with Gasteiger partial charge in [0.05, 0.1) is 22.4 Å². The van der Waals surface area contributed by atoms with Gasteiger partial charge >= 0.3 is 0 Å². The Labute approximate surface area is 330 Å². The monoisotopic (exact) mass is 725 g/mol. The van der Waals surface area contributed by atoms with Crippen molar-refractivity contribution in [1.29, 1.82) is 0 Å². The maximum atomic E-state index is 5.08. The van der Waals surface area contributed by atoms with E-state index >= 15 is 0 Å². The molecular formula is C54H35N3. The second kappa shape index (κ2) is 13.6. The van der Waals surface area contributed by atoms with E-state index in [-0.39, 0.29) is 0 Å². The molecule has 11 rings (SSSR count). The van der Waals surface area contributed by atoms with E-state index in [0.29, 0.717) is 5.82 Å². The zero-order valence-corrected chi connectivity index (χ0v) is 31.0. The predicted octanol–water partition coefficient (Wildman–Crippen LogP) is 14.2. The van der Waals surface area contributed by atoms with Crippen LogP contribution >= 0.6 is 0 Å². The minimum atomic E-state index is 0.701. The van der Waals surface area contributed by atoms with Crippen molar-refractivity contribution in [2.24, 2.45) is 0 Å².